The number of aryl methyl sites for hydroxylation is 2. The lowest BCUT2D eigenvalue weighted by molar-refractivity contribution is -0.139. The van der Waals surface area contributed by atoms with E-state index in [0.29, 0.717) is 22.8 Å². The standard InChI is InChI=1S/C25H21F3N4O4S/c1-14-11-19-20(12-15(14)2)31-23(22(30-19)29-17-8-6-7-16(13-17)24(33)36-3)32-37(34,35)21-10-5-4-9-18(21)25(26,27)28/h4-13H,1-3H3,(H,29,30)(H,31,32). The number of fused-ring (bicyclic) bond motifs is 1. The minimum absolute atomic E-state index is 0.0779. The third-order valence-electron chi connectivity index (χ3n) is 5.54. The Hall–Kier alpha value is -4.19. The molecule has 2 N–H and O–H groups in total. The van der Waals surface area contributed by atoms with Crippen molar-refractivity contribution in [2.75, 3.05) is 17.1 Å². The van der Waals surface area contributed by atoms with Gasteiger partial charge in [0, 0.05) is 5.69 Å². The molecule has 8 nitrogen and oxygen atoms in total. The van der Waals surface area contributed by atoms with E-state index in [1.165, 1.54) is 25.3 Å². The molecule has 37 heavy (non-hydrogen) atoms. The van der Waals surface area contributed by atoms with E-state index < -0.39 is 32.6 Å². The lowest BCUT2D eigenvalue weighted by Crippen LogP contribution is -2.20. The summed E-state index contributed by atoms with van der Waals surface area (Å²) in [6.45, 7) is 3.71. The van der Waals surface area contributed by atoms with Gasteiger partial charge in [-0.2, -0.15) is 13.2 Å². The number of rotatable bonds is 6. The van der Waals surface area contributed by atoms with Gasteiger partial charge in [-0.1, -0.05) is 18.2 Å². The fraction of sp³-hybridized carbons (Fsp3) is 0.160. The van der Waals surface area contributed by atoms with Gasteiger partial charge in [-0.05, 0) is 67.4 Å². The molecular weight excluding hydrogens is 509 g/mol. The number of hydrogen-bond acceptors (Lipinski definition) is 7. The second-order valence-electron chi connectivity index (χ2n) is 8.14. The van der Waals surface area contributed by atoms with Crippen molar-refractivity contribution in [1.29, 1.82) is 0 Å². The van der Waals surface area contributed by atoms with Gasteiger partial charge < -0.3 is 10.1 Å². The van der Waals surface area contributed by atoms with Crippen molar-refractivity contribution < 1.29 is 31.1 Å². The molecule has 4 rings (SSSR count). The summed E-state index contributed by atoms with van der Waals surface area (Å²) >= 11 is 0. The Balaban J connectivity index is 1.85. The van der Waals surface area contributed by atoms with Crippen LogP contribution < -0.4 is 10.0 Å². The SMILES string of the molecule is COC(=O)c1cccc(Nc2nc3cc(C)c(C)cc3nc2NS(=O)(=O)c2ccccc2C(F)(F)F)c1. The van der Waals surface area contributed by atoms with Crippen LogP contribution in [0.2, 0.25) is 0 Å². The van der Waals surface area contributed by atoms with Gasteiger partial charge in [0.2, 0.25) is 0 Å². The molecule has 0 saturated heterocycles. The van der Waals surface area contributed by atoms with Crippen LogP contribution in [0.15, 0.2) is 65.6 Å². The first-order valence-electron chi connectivity index (χ1n) is 10.8. The Morgan fingerprint density at radius 1 is 0.892 bits per heavy atom. The second-order valence-corrected chi connectivity index (χ2v) is 9.79. The Kier molecular flexibility index (Phi) is 6.78. The number of carbonyl (C=O) groups is 1. The van der Waals surface area contributed by atoms with E-state index in [-0.39, 0.29) is 17.2 Å². The van der Waals surface area contributed by atoms with Crippen LogP contribution >= 0.6 is 0 Å². The van der Waals surface area contributed by atoms with E-state index >= 15 is 0 Å². The number of esters is 1. The first-order chi connectivity index (χ1) is 17.4. The van der Waals surface area contributed by atoms with E-state index in [4.69, 9.17) is 4.74 Å². The molecule has 0 spiro atoms. The number of carbonyl (C=O) groups excluding carboxylic acids is 1. The van der Waals surface area contributed by atoms with E-state index in [1.54, 1.807) is 24.3 Å². The first kappa shape index (κ1) is 25.9. The number of aromatic nitrogens is 2. The summed E-state index contributed by atoms with van der Waals surface area (Å²) < 4.78 is 73.8. The average Bonchev–Trinajstić information content (AvgIpc) is 2.84. The molecule has 4 aromatic rings. The zero-order valence-electron chi connectivity index (χ0n) is 19.8. The van der Waals surface area contributed by atoms with Gasteiger partial charge in [-0.3, -0.25) is 4.72 Å². The maximum Gasteiger partial charge on any atom is 0.417 e. The minimum atomic E-state index is -4.90. The van der Waals surface area contributed by atoms with Crippen molar-refractivity contribution in [2.45, 2.75) is 24.9 Å². The molecule has 0 saturated carbocycles. The van der Waals surface area contributed by atoms with E-state index in [9.17, 15) is 26.4 Å². The molecule has 192 valence electrons. The van der Waals surface area contributed by atoms with Crippen LogP contribution in [-0.2, 0) is 20.9 Å². The van der Waals surface area contributed by atoms with E-state index in [1.807, 2.05) is 13.8 Å². The smallest absolute Gasteiger partial charge is 0.417 e. The van der Waals surface area contributed by atoms with E-state index in [0.717, 1.165) is 23.3 Å². The number of halogens is 3. The number of methoxy groups -OCH3 is 1. The number of hydrogen-bond donors (Lipinski definition) is 2. The predicted molar refractivity (Wildman–Crippen MR) is 132 cm³/mol. The number of sulfonamides is 1. The lowest BCUT2D eigenvalue weighted by atomic mass is 10.1. The van der Waals surface area contributed by atoms with Crippen molar-refractivity contribution in [3.8, 4) is 0 Å². The predicted octanol–water partition coefficient (Wildman–Crippen LogP) is 5.60. The van der Waals surface area contributed by atoms with Gasteiger partial charge in [0.1, 0.15) is 0 Å². The van der Waals surface area contributed by atoms with Crippen molar-refractivity contribution >= 4 is 44.3 Å². The van der Waals surface area contributed by atoms with Gasteiger partial charge in [0.05, 0.1) is 34.2 Å². The molecule has 0 bridgehead atoms. The molecular formula is C25H21F3N4O4S. The fourth-order valence-corrected chi connectivity index (χ4v) is 4.80. The highest BCUT2D eigenvalue weighted by Gasteiger charge is 2.37. The van der Waals surface area contributed by atoms with Crippen LogP contribution in [0.4, 0.5) is 30.5 Å². The molecule has 0 unspecified atom stereocenters. The highest BCUT2D eigenvalue weighted by Crippen LogP contribution is 2.35. The van der Waals surface area contributed by atoms with E-state index in [2.05, 4.69) is 20.0 Å². The molecule has 3 aromatic carbocycles. The maximum atomic E-state index is 13.5. The van der Waals surface area contributed by atoms with Crippen LogP contribution in [-0.4, -0.2) is 31.5 Å². The lowest BCUT2D eigenvalue weighted by Gasteiger charge is -2.17. The molecule has 0 amide bonds. The monoisotopic (exact) mass is 530 g/mol. The van der Waals surface area contributed by atoms with Crippen LogP contribution in [0.25, 0.3) is 11.0 Å². The average molecular weight is 531 g/mol. The third kappa shape index (κ3) is 5.48. The summed E-state index contributed by atoms with van der Waals surface area (Å²) in [6.07, 6.45) is -4.90. The fourth-order valence-electron chi connectivity index (χ4n) is 3.57. The van der Waals surface area contributed by atoms with Crippen molar-refractivity contribution in [3.05, 3.63) is 82.9 Å². The summed E-state index contributed by atoms with van der Waals surface area (Å²) in [5.41, 5.74) is 1.78. The number of benzene rings is 3. The molecule has 0 radical (unpaired) electrons. The highest BCUT2D eigenvalue weighted by atomic mass is 32.2. The second kappa shape index (κ2) is 9.69. The molecule has 1 heterocycles. The third-order valence-corrected chi connectivity index (χ3v) is 6.94. The summed E-state index contributed by atoms with van der Waals surface area (Å²) in [5, 5.41) is 2.91. The highest BCUT2D eigenvalue weighted by molar-refractivity contribution is 7.92. The summed E-state index contributed by atoms with van der Waals surface area (Å²) in [7, 11) is -3.51. The van der Waals surface area contributed by atoms with Gasteiger partial charge >= 0.3 is 12.1 Å². The van der Waals surface area contributed by atoms with Gasteiger partial charge in [-0.15, -0.1) is 0 Å². The largest absolute Gasteiger partial charge is 0.465 e. The van der Waals surface area contributed by atoms with Gasteiger partial charge in [0.25, 0.3) is 10.0 Å². The van der Waals surface area contributed by atoms with Gasteiger partial charge in [0.15, 0.2) is 11.6 Å². The van der Waals surface area contributed by atoms with Crippen LogP contribution in [0.5, 0.6) is 0 Å². The number of ether oxygens (including phenoxy) is 1. The first-order valence-corrected chi connectivity index (χ1v) is 12.3. The van der Waals surface area contributed by atoms with Gasteiger partial charge in [-0.25, -0.2) is 23.2 Å². The molecule has 0 aliphatic heterocycles. The number of alkyl halides is 3. The Labute approximate surface area is 210 Å². The quantitative estimate of drug-likeness (QED) is 0.313. The number of nitrogens with one attached hydrogen (secondary N) is 2. The van der Waals surface area contributed by atoms with Crippen LogP contribution in [0.3, 0.4) is 0 Å². The maximum absolute atomic E-state index is 13.5. The molecule has 0 aliphatic rings. The van der Waals surface area contributed by atoms with Crippen molar-refractivity contribution in [1.82, 2.24) is 9.97 Å². The van der Waals surface area contributed by atoms with Crippen LogP contribution in [0, 0.1) is 13.8 Å². The molecule has 12 heteroatoms. The van der Waals surface area contributed by atoms with Crippen molar-refractivity contribution in [2.24, 2.45) is 0 Å². The molecule has 1 aromatic heterocycles. The number of nitrogens with zero attached hydrogens (tertiary/aromatic N) is 2. The number of anilines is 3. The van der Waals surface area contributed by atoms with Crippen LogP contribution in [0.1, 0.15) is 27.0 Å². The minimum Gasteiger partial charge on any atom is -0.465 e. The molecule has 0 atom stereocenters. The Bertz CT molecular complexity index is 1620. The Morgan fingerprint density at radius 2 is 1.51 bits per heavy atom. The summed E-state index contributed by atoms with van der Waals surface area (Å²) in [4.78, 5) is 19.8. The molecule has 0 fully saturated rings. The summed E-state index contributed by atoms with van der Waals surface area (Å²) in [6, 6.07) is 13.4. The normalized spacial score (nSPS) is 11.8. The van der Waals surface area contributed by atoms with Crippen molar-refractivity contribution in [3.63, 3.8) is 0 Å². The summed E-state index contributed by atoms with van der Waals surface area (Å²) in [5.74, 6) is -0.994. The zero-order chi connectivity index (χ0) is 27.0. The zero-order valence-corrected chi connectivity index (χ0v) is 20.7. The Morgan fingerprint density at radius 3 is 2.14 bits per heavy atom. The topological polar surface area (TPSA) is 110 Å². The molecule has 0 aliphatic carbocycles.